The SMILES string of the molecule is O=S1(=O)CCC(N2CCN(Cc3nnnn3-c3ccccc3)CC2)C1. The number of nitrogens with zero attached hydrogens (tertiary/aromatic N) is 6. The van der Waals surface area contributed by atoms with Crippen LogP contribution in [0, 0.1) is 0 Å². The van der Waals surface area contributed by atoms with E-state index in [1.54, 1.807) is 4.68 Å². The third kappa shape index (κ3) is 3.73. The summed E-state index contributed by atoms with van der Waals surface area (Å²) in [6.07, 6.45) is 0.772. The van der Waals surface area contributed by atoms with Gasteiger partial charge in [0, 0.05) is 32.2 Å². The Morgan fingerprint density at radius 1 is 1.08 bits per heavy atom. The number of piperazine rings is 1. The van der Waals surface area contributed by atoms with Crippen molar-refractivity contribution in [3.05, 3.63) is 36.2 Å². The fourth-order valence-electron chi connectivity index (χ4n) is 3.62. The summed E-state index contributed by atoms with van der Waals surface area (Å²) in [5.41, 5.74) is 0.956. The lowest BCUT2D eigenvalue weighted by Crippen LogP contribution is -2.50. The number of sulfone groups is 1. The first-order chi connectivity index (χ1) is 12.1. The number of para-hydroxylation sites is 1. The molecule has 134 valence electrons. The minimum absolute atomic E-state index is 0.196. The summed E-state index contributed by atoms with van der Waals surface area (Å²) in [5.74, 6) is 1.48. The fraction of sp³-hybridized carbons (Fsp3) is 0.562. The summed E-state index contributed by atoms with van der Waals surface area (Å²) in [4.78, 5) is 4.65. The van der Waals surface area contributed by atoms with Crippen LogP contribution >= 0.6 is 0 Å². The van der Waals surface area contributed by atoms with E-state index in [2.05, 4.69) is 25.3 Å². The molecule has 0 radical (unpaired) electrons. The maximum atomic E-state index is 11.7. The second-order valence-electron chi connectivity index (χ2n) is 6.71. The van der Waals surface area contributed by atoms with Crippen LogP contribution in [-0.2, 0) is 16.4 Å². The predicted molar refractivity (Wildman–Crippen MR) is 93.1 cm³/mol. The summed E-state index contributed by atoms with van der Waals surface area (Å²) in [6.45, 7) is 4.29. The second kappa shape index (κ2) is 6.81. The van der Waals surface area contributed by atoms with E-state index in [9.17, 15) is 8.42 Å². The highest BCUT2D eigenvalue weighted by atomic mass is 32.2. The maximum absolute atomic E-state index is 11.7. The molecule has 0 saturated carbocycles. The van der Waals surface area contributed by atoms with E-state index in [0.717, 1.165) is 44.1 Å². The molecule has 3 heterocycles. The first kappa shape index (κ1) is 16.6. The molecule has 1 aromatic carbocycles. The number of benzene rings is 1. The molecule has 0 bridgehead atoms. The van der Waals surface area contributed by atoms with Crippen LogP contribution in [0.3, 0.4) is 0 Å². The molecule has 2 aliphatic heterocycles. The highest BCUT2D eigenvalue weighted by Gasteiger charge is 2.33. The van der Waals surface area contributed by atoms with Gasteiger partial charge in [0.05, 0.1) is 23.7 Å². The van der Waals surface area contributed by atoms with E-state index < -0.39 is 9.84 Å². The van der Waals surface area contributed by atoms with Crippen molar-refractivity contribution in [2.24, 2.45) is 0 Å². The third-order valence-corrected chi connectivity index (χ3v) is 6.78. The van der Waals surface area contributed by atoms with Crippen LogP contribution in [0.1, 0.15) is 12.2 Å². The highest BCUT2D eigenvalue weighted by Crippen LogP contribution is 2.20. The zero-order valence-corrected chi connectivity index (χ0v) is 14.8. The molecule has 0 amide bonds. The van der Waals surface area contributed by atoms with Crippen molar-refractivity contribution in [3.63, 3.8) is 0 Å². The van der Waals surface area contributed by atoms with Crippen LogP contribution in [0.2, 0.25) is 0 Å². The molecule has 1 aromatic heterocycles. The molecule has 0 N–H and O–H groups in total. The molecule has 2 fully saturated rings. The molecule has 0 spiro atoms. The number of rotatable bonds is 4. The van der Waals surface area contributed by atoms with E-state index in [-0.39, 0.29) is 6.04 Å². The van der Waals surface area contributed by atoms with Crippen LogP contribution in [0.4, 0.5) is 0 Å². The maximum Gasteiger partial charge on any atom is 0.170 e. The van der Waals surface area contributed by atoms with Crippen LogP contribution in [-0.4, -0.2) is 82.2 Å². The number of hydrogen-bond acceptors (Lipinski definition) is 7. The van der Waals surface area contributed by atoms with Gasteiger partial charge in [-0.25, -0.2) is 8.42 Å². The van der Waals surface area contributed by atoms with Gasteiger partial charge in [-0.3, -0.25) is 9.80 Å². The van der Waals surface area contributed by atoms with Crippen LogP contribution < -0.4 is 0 Å². The lowest BCUT2D eigenvalue weighted by atomic mass is 10.2. The van der Waals surface area contributed by atoms with Gasteiger partial charge in [-0.2, -0.15) is 4.68 Å². The Hall–Kier alpha value is -1.84. The van der Waals surface area contributed by atoms with Crippen molar-refractivity contribution >= 4 is 9.84 Å². The molecular weight excluding hydrogens is 340 g/mol. The molecule has 2 aliphatic rings. The van der Waals surface area contributed by atoms with E-state index in [0.29, 0.717) is 18.1 Å². The standard InChI is InChI=1S/C16H22N6O2S/c23-25(24)11-6-15(13-25)21-9-7-20(8-10-21)12-16-17-18-19-22(16)14-4-2-1-3-5-14/h1-5,15H,6-13H2. The van der Waals surface area contributed by atoms with E-state index >= 15 is 0 Å². The van der Waals surface area contributed by atoms with Gasteiger partial charge >= 0.3 is 0 Å². The molecule has 1 unspecified atom stereocenters. The zero-order valence-electron chi connectivity index (χ0n) is 14.0. The summed E-state index contributed by atoms with van der Waals surface area (Å²) >= 11 is 0. The molecule has 8 nitrogen and oxygen atoms in total. The smallest absolute Gasteiger partial charge is 0.170 e. The molecule has 2 aromatic rings. The van der Waals surface area contributed by atoms with Gasteiger partial charge in [0.25, 0.3) is 0 Å². The Morgan fingerprint density at radius 2 is 1.84 bits per heavy atom. The van der Waals surface area contributed by atoms with Crippen LogP contribution in [0.25, 0.3) is 5.69 Å². The second-order valence-corrected chi connectivity index (χ2v) is 8.94. The zero-order chi connectivity index (χ0) is 17.3. The largest absolute Gasteiger partial charge is 0.297 e. The van der Waals surface area contributed by atoms with E-state index in [1.807, 2.05) is 30.3 Å². The highest BCUT2D eigenvalue weighted by molar-refractivity contribution is 7.91. The van der Waals surface area contributed by atoms with E-state index in [1.165, 1.54) is 0 Å². The Balaban J connectivity index is 1.36. The van der Waals surface area contributed by atoms with Crippen molar-refractivity contribution in [2.45, 2.75) is 19.0 Å². The molecule has 2 saturated heterocycles. The first-order valence-corrected chi connectivity index (χ1v) is 10.4. The number of tetrazole rings is 1. The molecule has 25 heavy (non-hydrogen) atoms. The normalized spacial score (nSPS) is 24.6. The van der Waals surface area contributed by atoms with Gasteiger partial charge in [0.2, 0.25) is 0 Å². The number of hydrogen-bond donors (Lipinski definition) is 0. The molecular formula is C16H22N6O2S. The van der Waals surface area contributed by atoms with Gasteiger partial charge in [-0.1, -0.05) is 18.2 Å². The average Bonchev–Trinajstić information content (AvgIpc) is 3.22. The molecule has 1 atom stereocenters. The Bertz CT molecular complexity index is 814. The Morgan fingerprint density at radius 3 is 2.52 bits per heavy atom. The molecule has 9 heteroatoms. The summed E-state index contributed by atoms with van der Waals surface area (Å²) in [5, 5.41) is 12.1. The monoisotopic (exact) mass is 362 g/mol. The summed E-state index contributed by atoms with van der Waals surface area (Å²) < 4.78 is 25.1. The van der Waals surface area contributed by atoms with Gasteiger partial charge < -0.3 is 0 Å². The lowest BCUT2D eigenvalue weighted by Gasteiger charge is -2.37. The lowest BCUT2D eigenvalue weighted by molar-refractivity contribution is 0.0979. The van der Waals surface area contributed by atoms with Gasteiger partial charge in [0.15, 0.2) is 15.7 Å². The predicted octanol–water partition coefficient (Wildman–Crippen LogP) is -0.0330. The fourth-order valence-corrected chi connectivity index (χ4v) is 5.39. The summed E-state index contributed by atoms with van der Waals surface area (Å²) in [7, 11) is -2.82. The van der Waals surface area contributed by atoms with Crippen molar-refractivity contribution in [1.29, 1.82) is 0 Å². The van der Waals surface area contributed by atoms with Crippen molar-refractivity contribution in [1.82, 2.24) is 30.0 Å². The average molecular weight is 362 g/mol. The minimum atomic E-state index is -2.82. The Labute approximate surface area is 147 Å². The first-order valence-electron chi connectivity index (χ1n) is 8.60. The van der Waals surface area contributed by atoms with Crippen LogP contribution in [0.5, 0.6) is 0 Å². The minimum Gasteiger partial charge on any atom is -0.297 e. The van der Waals surface area contributed by atoms with E-state index in [4.69, 9.17) is 0 Å². The molecule has 4 rings (SSSR count). The van der Waals surface area contributed by atoms with Gasteiger partial charge in [-0.05, 0) is 29.0 Å². The van der Waals surface area contributed by atoms with Crippen molar-refractivity contribution < 1.29 is 8.42 Å². The Kier molecular flexibility index (Phi) is 4.53. The topological polar surface area (TPSA) is 84.2 Å². The summed E-state index contributed by atoms with van der Waals surface area (Å²) in [6, 6.07) is 10.1. The molecule has 0 aliphatic carbocycles. The van der Waals surface area contributed by atoms with Crippen molar-refractivity contribution in [3.8, 4) is 5.69 Å². The van der Waals surface area contributed by atoms with Crippen molar-refractivity contribution in [2.75, 3.05) is 37.7 Å². The van der Waals surface area contributed by atoms with Gasteiger partial charge in [0.1, 0.15) is 0 Å². The van der Waals surface area contributed by atoms with Crippen LogP contribution in [0.15, 0.2) is 30.3 Å². The number of aromatic nitrogens is 4. The van der Waals surface area contributed by atoms with Gasteiger partial charge in [-0.15, -0.1) is 5.10 Å². The quantitative estimate of drug-likeness (QED) is 0.755. The third-order valence-electron chi connectivity index (χ3n) is 5.03.